The van der Waals surface area contributed by atoms with Gasteiger partial charge in [0.2, 0.25) is 17.7 Å². The van der Waals surface area contributed by atoms with Crippen molar-refractivity contribution in [3.8, 4) is 0 Å². The van der Waals surface area contributed by atoms with Crippen molar-refractivity contribution in [3.63, 3.8) is 0 Å². The molecular formula is C25H43N8O19P3S. The van der Waals surface area contributed by atoms with Gasteiger partial charge in [0.1, 0.15) is 42.0 Å². The number of amides is 3. The van der Waals surface area contributed by atoms with Crippen molar-refractivity contribution in [2.75, 3.05) is 50.6 Å². The number of carbonyl (C=O) groups excluding carboxylic acids is 3. The number of sulfone groups is 1. The highest BCUT2D eigenvalue weighted by Gasteiger charge is 2.57. The van der Waals surface area contributed by atoms with Gasteiger partial charge >= 0.3 is 23.5 Å². The van der Waals surface area contributed by atoms with E-state index in [1.165, 1.54) is 27.8 Å². The molecule has 0 bridgehead atoms. The molecule has 2 aromatic heterocycles. The molecule has 27 nitrogen and oxygen atoms in total. The molecule has 3 amide bonds. The van der Waals surface area contributed by atoms with Crippen molar-refractivity contribution in [1.29, 1.82) is 0 Å². The smallest absolute Gasteiger partial charge is 0.385 e. The minimum atomic E-state index is -5.62. The molecule has 0 radical (unpaired) electrons. The first-order valence-corrected chi connectivity index (χ1v) is 22.3. The molecule has 0 aliphatic carbocycles. The number of ether oxygens (including phenoxy) is 1. The molecular weight excluding hydrogens is 841 g/mol. The van der Waals surface area contributed by atoms with E-state index in [-0.39, 0.29) is 36.5 Å². The molecule has 318 valence electrons. The minimum Gasteiger partial charge on any atom is -0.385 e. The van der Waals surface area contributed by atoms with Crippen LogP contribution in [0.15, 0.2) is 12.7 Å². The number of fused-ring (bicyclic) bond motifs is 1. The maximum atomic E-state index is 12.7. The zero-order chi connectivity index (χ0) is 42.5. The second-order valence-electron chi connectivity index (χ2n) is 12.9. The number of aromatic nitrogens is 4. The number of nitrogens with one attached hydrogen (secondary N) is 3. The van der Waals surface area contributed by atoms with E-state index < -0.39 is 111 Å². The van der Waals surface area contributed by atoms with Crippen molar-refractivity contribution < 1.29 is 88.9 Å². The number of nitrogen functional groups attached to an aromatic ring is 1. The first-order chi connectivity index (χ1) is 25.6. The minimum absolute atomic E-state index is 0.00240. The molecule has 0 aromatic carbocycles. The number of phosphoric acid groups is 3. The summed E-state index contributed by atoms with van der Waals surface area (Å²) in [6.07, 6.45) is -5.85. The number of aliphatic hydroxyl groups excluding tert-OH is 2. The monoisotopic (exact) mass is 884 g/mol. The molecule has 7 atom stereocenters. The lowest BCUT2D eigenvalue weighted by molar-refractivity contribution is -0.137. The largest absolute Gasteiger partial charge is 0.481 e. The lowest BCUT2D eigenvalue weighted by atomic mass is 9.87. The molecule has 7 unspecified atom stereocenters. The molecule has 1 fully saturated rings. The van der Waals surface area contributed by atoms with E-state index in [1.807, 2.05) is 0 Å². The molecule has 1 aliphatic heterocycles. The summed E-state index contributed by atoms with van der Waals surface area (Å²) in [7, 11) is -19.1. The molecule has 3 heterocycles. The number of imidazole rings is 1. The first-order valence-electron chi connectivity index (χ1n) is 16.0. The summed E-state index contributed by atoms with van der Waals surface area (Å²) in [5.74, 6) is -3.81. The highest BCUT2D eigenvalue weighted by Crippen LogP contribution is 2.61. The van der Waals surface area contributed by atoms with Crippen LogP contribution < -0.4 is 21.7 Å². The SMILES string of the molecule is CNC(=O)CS(=O)(=O)CCNC(=O)CCNC(=O)C(O)C(C)(C)COP(=O)(O)OP(=O)(O)OCC1OC(C)(n2cnc3c(N)ncnc32)C(O)C1OP(=O)(O)O. The van der Waals surface area contributed by atoms with Crippen LogP contribution >= 0.6 is 23.5 Å². The number of rotatable bonds is 21. The van der Waals surface area contributed by atoms with Crippen LogP contribution in [0.5, 0.6) is 0 Å². The Kier molecular flexibility index (Phi) is 15.4. The van der Waals surface area contributed by atoms with Crippen molar-refractivity contribution in [2.24, 2.45) is 5.41 Å². The van der Waals surface area contributed by atoms with Crippen molar-refractivity contribution in [1.82, 2.24) is 35.5 Å². The van der Waals surface area contributed by atoms with Crippen LogP contribution in [-0.4, -0.2) is 145 Å². The number of hydrogen-bond donors (Lipinski definition) is 10. The Bertz CT molecular complexity index is 2010. The number of aliphatic hydroxyl groups is 2. The van der Waals surface area contributed by atoms with Gasteiger partial charge in [0.25, 0.3) is 0 Å². The van der Waals surface area contributed by atoms with Crippen molar-refractivity contribution in [3.05, 3.63) is 12.7 Å². The molecule has 1 saturated heterocycles. The first kappa shape index (κ1) is 47.3. The van der Waals surface area contributed by atoms with Gasteiger partial charge < -0.3 is 56.2 Å². The fraction of sp³-hybridized carbons (Fsp3) is 0.680. The lowest BCUT2D eigenvalue weighted by Crippen LogP contribution is -2.46. The average Bonchev–Trinajstić information content (AvgIpc) is 3.61. The van der Waals surface area contributed by atoms with E-state index in [9.17, 15) is 66.3 Å². The van der Waals surface area contributed by atoms with E-state index in [4.69, 9.17) is 19.5 Å². The Hall–Kier alpha value is -3.04. The number of nitrogens with zero attached hydrogens (tertiary/aromatic N) is 4. The third kappa shape index (κ3) is 13.0. The molecule has 3 rings (SSSR count). The van der Waals surface area contributed by atoms with Gasteiger partial charge in [-0.3, -0.25) is 32.5 Å². The van der Waals surface area contributed by atoms with Gasteiger partial charge in [-0.2, -0.15) is 4.31 Å². The van der Waals surface area contributed by atoms with Gasteiger partial charge in [-0.25, -0.2) is 37.1 Å². The zero-order valence-corrected chi connectivity index (χ0v) is 33.5. The molecule has 1 aliphatic rings. The van der Waals surface area contributed by atoms with E-state index in [0.717, 1.165) is 17.2 Å². The predicted octanol–water partition coefficient (Wildman–Crippen LogP) is -3.26. The highest BCUT2D eigenvalue weighted by atomic mass is 32.2. The Labute approximate surface area is 318 Å². The Morgan fingerprint density at radius 2 is 1.70 bits per heavy atom. The van der Waals surface area contributed by atoms with Crippen molar-refractivity contribution in [2.45, 2.75) is 57.3 Å². The van der Waals surface area contributed by atoms with E-state index in [2.05, 4.69) is 39.7 Å². The second kappa shape index (κ2) is 18.3. The van der Waals surface area contributed by atoms with Gasteiger partial charge in [0.15, 0.2) is 27.0 Å². The fourth-order valence-corrected chi connectivity index (χ4v) is 8.86. The quantitative estimate of drug-likeness (QED) is 0.0550. The summed E-state index contributed by atoms with van der Waals surface area (Å²) in [6.45, 7) is 0.858. The summed E-state index contributed by atoms with van der Waals surface area (Å²) in [5.41, 5.74) is 2.18. The van der Waals surface area contributed by atoms with E-state index in [0.29, 0.717) is 0 Å². The number of hydrogen-bond acceptors (Lipinski definition) is 19. The molecule has 2 aromatic rings. The predicted molar refractivity (Wildman–Crippen MR) is 187 cm³/mol. The van der Waals surface area contributed by atoms with Crippen LogP contribution in [0.25, 0.3) is 11.2 Å². The summed E-state index contributed by atoms with van der Waals surface area (Å²) < 4.78 is 86.1. The summed E-state index contributed by atoms with van der Waals surface area (Å²) in [6, 6.07) is 0. The van der Waals surface area contributed by atoms with E-state index in [1.54, 1.807) is 0 Å². The molecule has 56 heavy (non-hydrogen) atoms. The van der Waals surface area contributed by atoms with Gasteiger partial charge in [-0.15, -0.1) is 0 Å². The van der Waals surface area contributed by atoms with Crippen molar-refractivity contribution >= 4 is 68.0 Å². The van der Waals surface area contributed by atoms with Gasteiger partial charge in [0.05, 0.1) is 25.3 Å². The standard InChI is InChI=1S/C25H43N8O19P3S/c1-24(2,20(37)23(38)29-6-5-15(34)28-7-8-56(46,47)10-16(35)27-4)11-49-55(44,45)52-54(42,43)48-9-14-18(51-53(39,40)41)19(36)25(3,50-14)33-13-32-17-21(26)30-12-31-22(17)33/h12-14,18-20,36-37H,5-11H2,1-4H3,(H,27,35)(H,28,34)(H,29,38)(H,42,43)(H,44,45)(H2,26,30,31)(H2,39,40,41). The normalized spacial score (nSPS) is 23.2. The zero-order valence-electron chi connectivity index (χ0n) is 30.0. The molecule has 0 saturated carbocycles. The van der Waals surface area contributed by atoms with E-state index >= 15 is 0 Å². The van der Waals surface area contributed by atoms with Crippen LogP contribution in [0.3, 0.4) is 0 Å². The van der Waals surface area contributed by atoms with Gasteiger partial charge in [0, 0.05) is 32.0 Å². The number of anilines is 1. The summed E-state index contributed by atoms with van der Waals surface area (Å²) in [4.78, 5) is 86.9. The maximum Gasteiger partial charge on any atom is 0.481 e. The Morgan fingerprint density at radius 1 is 1.05 bits per heavy atom. The van der Waals surface area contributed by atoms with Crippen LogP contribution in [0.2, 0.25) is 0 Å². The Balaban J connectivity index is 1.55. The number of phosphoric ester groups is 3. The lowest BCUT2D eigenvalue weighted by Gasteiger charge is -2.30. The van der Waals surface area contributed by atoms with Gasteiger partial charge in [-0.1, -0.05) is 13.8 Å². The number of carbonyl (C=O) groups is 3. The summed E-state index contributed by atoms with van der Waals surface area (Å²) >= 11 is 0. The highest BCUT2D eigenvalue weighted by molar-refractivity contribution is 7.92. The third-order valence-electron chi connectivity index (χ3n) is 7.93. The fourth-order valence-electron chi connectivity index (χ4n) is 4.94. The molecule has 11 N–H and O–H groups in total. The topological polar surface area (TPSA) is 410 Å². The van der Waals surface area contributed by atoms with Gasteiger partial charge in [-0.05, 0) is 6.92 Å². The second-order valence-corrected chi connectivity index (χ2v) is 19.3. The van der Waals surface area contributed by atoms with Crippen LogP contribution in [0, 0.1) is 5.41 Å². The Morgan fingerprint density at radius 3 is 2.32 bits per heavy atom. The van der Waals surface area contributed by atoms with Crippen LogP contribution in [-0.2, 0) is 66.3 Å². The maximum absolute atomic E-state index is 12.7. The van der Waals surface area contributed by atoms with Crippen LogP contribution in [0.4, 0.5) is 5.82 Å². The average molecular weight is 885 g/mol. The summed E-state index contributed by atoms with van der Waals surface area (Å²) in [5, 5.41) is 28.3. The molecule has 31 heteroatoms. The number of nitrogens with two attached hydrogens (primary N) is 1. The van der Waals surface area contributed by atoms with Crippen LogP contribution in [0.1, 0.15) is 27.2 Å². The third-order valence-corrected chi connectivity index (χ3v) is 12.6. The molecule has 0 spiro atoms.